The number of aryl methyl sites for hydroxylation is 2. The Hall–Kier alpha value is -2.89. The summed E-state index contributed by atoms with van der Waals surface area (Å²) < 4.78 is 3.53. The first-order valence-electron chi connectivity index (χ1n) is 9.48. The van der Waals surface area contributed by atoms with Crippen molar-refractivity contribution in [2.24, 2.45) is 0 Å². The fourth-order valence-corrected chi connectivity index (χ4v) is 3.22. The summed E-state index contributed by atoms with van der Waals surface area (Å²) in [5.74, 6) is 0.926. The molecule has 3 aromatic rings. The Kier molecular flexibility index (Phi) is 4.34. The van der Waals surface area contributed by atoms with Crippen LogP contribution in [0.1, 0.15) is 38.7 Å². The monoisotopic (exact) mass is 363 g/mol. The lowest BCUT2D eigenvalue weighted by Gasteiger charge is -2.13. The average molecular weight is 363 g/mol. The van der Waals surface area contributed by atoms with Crippen molar-refractivity contribution in [3.05, 3.63) is 58.9 Å². The molecule has 140 valence electrons. The third kappa shape index (κ3) is 3.65. The molecule has 4 rings (SSSR count). The van der Waals surface area contributed by atoms with Crippen LogP contribution in [0, 0.1) is 6.92 Å². The Balaban J connectivity index is 1.61. The molecule has 6 nitrogen and oxygen atoms in total. The van der Waals surface area contributed by atoms with Gasteiger partial charge in [-0.2, -0.15) is 5.10 Å². The maximum Gasteiger partial charge on any atom is 0.250 e. The summed E-state index contributed by atoms with van der Waals surface area (Å²) >= 11 is 0. The number of hydrogen-bond donors (Lipinski definition) is 1. The van der Waals surface area contributed by atoms with Crippen molar-refractivity contribution in [3.8, 4) is 16.8 Å². The molecule has 0 saturated heterocycles. The largest absolute Gasteiger partial charge is 0.365 e. The number of rotatable bonds is 6. The first kappa shape index (κ1) is 17.5. The van der Waals surface area contributed by atoms with Crippen molar-refractivity contribution in [2.75, 3.05) is 5.32 Å². The van der Waals surface area contributed by atoms with Crippen LogP contribution in [-0.4, -0.2) is 24.9 Å². The Morgan fingerprint density at radius 1 is 1.22 bits per heavy atom. The molecular formula is C21H25N5O. The molecule has 3 aromatic heterocycles. The minimum atomic E-state index is 0.0143. The maximum atomic E-state index is 11.9. The Morgan fingerprint density at radius 2 is 2.04 bits per heavy atom. The van der Waals surface area contributed by atoms with Gasteiger partial charge in [-0.05, 0) is 50.8 Å². The molecule has 1 aliphatic carbocycles. The SMILES string of the molecule is CCCn1cc(-n2cc(-c3cnc(NC4(C)CC4)cc3C)cn2)ccc1=O. The lowest BCUT2D eigenvalue weighted by molar-refractivity contribution is 0.648. The second-order valence-corrected chi connectivity index (χ2v) is 7.66. The number of pyridine rings is 2. The van der Waals surface area contributed by atoms with Crippen molar-refractivity contribution in [1.29, 1.82) is 0 Å². The highest BCUT2D eigenvalue weighted by Crippen LogP contribution is 2.38. The Bertz CT molecular complexity index is 1030. The van der Waals surface area contributed by atoms with E-state index in [0.29, 0.717) is 6.54 Å². The van der Waals surface area contributed by atoms with E-state index in [1.54, 1.807) is 21.4 Å². The average Bonchev–Trinajstić information content (AvgIpc) is 3.16. The van der Waals surface area contributed by atoms with Crippen molar-refractivity contribution in [2.45, 2.75) is 52.1 Å². The third-order valence-electron chi connectivity index (χ3n) is 5.13. The van der Waals surface area contributed by atoms with Gasteiger partial charge in [0.2, 0.25) is 0 Å². The lowest BCUT2D eigenvalue weighted by atomic mass is 10.1. The molecule has 1 N–H and O–H groups in total. The van der Waals surface area contributed by atoms with Gasteiger partial charge in [0.1, 0.15) is 5.82 Å². The molecule has 1 aliphatic rings. The van der Waals surface area contributed by atoms with Crippen LogP contribution in [0.25, 0.3) is 16.8 Å². The smallest absolute Gasteiger partial charge is 0.250 e. The van der Waals surface area contributed by atoms with E-state index >= 15 is 0 Å². The van der Waals surface area contributed by atoms with E-state index in [9.17, 15) is 4.79 Å². The summed E-state index contributed by atoms with van der Waals surface area (Å²) in [7, 11) is 0. The number of hydrogen-bond acceptors (Lipinski definition) is 4. The summed E-state index contributed by atoms with van der Waals surface area (Å²) in [4.78, 5) is 16.5. The van der Waals surface area contributed by atoms with Gasteiger partial charge in [0.05, 0.1) is 11.9 Å². The van der Waals surface area contributed by atoms with E-state index in [1.165, 1.54) is 12.8 Å². The predicted octanol–water partition coefficient (Wildman–Crippen LogP) is 3.78. The van der Waals surface area contributed by atoms with Gasteiger partial charge in [-0.1, -0.05) is 6.92 Å². The van der Waals surface area contributed by atoms with Crippen LogP contribution < -0.4 is 10.9 Å². The molecule has 0 aromatic carbocycles. The quantitative estimate of drug-likeness (QED) is 0.724. The fourth-order valence-electron chi connectivity index (χ4n) is 3.22. The van der Waals surface area contributed by atoms with Crippen LogP contribution in [0.15, 0.2) is 47.8 Å². The summed E-state index contributed by atoms with van der Waals surface area (Å²) in [5, 5.41) is 7.99. The molecule has 27 heavy (non-hydrogen) atoms. The van der Waals surface area contributed by atoms with E-state index in [-0.39, 0.29) is 11.1 Å². The standard InChI is InChI=1S/C21H25N5O/c1-4-9-25-14-17(5-6-20(25)27)26-13-16(11-23-26)18-12-22-19(10-15(18)2)24-21(3)7-8-21/h5-6,10-14H,4,7-9H2,1-3H3,(H,22,24). The van der Waals surface area contributed by atoms with E-state index in [1.807, 2.05) is 24.8 Å². The zero-order valence-corrected chi connectivity index (χ0v) is 16.1. The molecule has 0 bridgehead atoms. The fraction of sp³-hybridized carbons (Fsp3) is 0.381. The third-order valence-corrected chi connectivity index (χ3v) is 5.13. The highest BCUT2D eigenvalue weighted by molar-refractivity contribution is 5.67. The van der Waals surface area contributed by atoms with Crippen LogP contribution in [0.5, 0.6) is 0 Å². The van der Waals surface area contributed by atoms with Crippen LogP contribution >= 0.6 is 0 Å². The van der Waals surface area contributed by atoms with Crippen LogP contribution in [-0.2, 0) is 6.54 Å². The first-order chi connectivity index (χ1) is 13.0. The highest BCUT2D eigenvalue weighted by Gasteiger charge is 2.37. The van der Waals surface area contributed by atoms with Crippen LogP contribution in [0.3, 0.4) is 0 Å². The minimum absolute atomic E-state index is 0.0143. The number of nitrogens with zero attached hydrogens (tertiary/aromatic N) is 4. The molecule has 0 unspecified atom stereocenters. The second-order valence-electron chi connectivity index (χ2n) is 7.66. The molecule has 3 heterocycles. The second kappa shape index (κ2) is 6.68. The molecule has 6 heteroatoms. The molecule has 0 amide bonds. The van der Waals surface area contributed by atoms with Crippen molar-refractivity contribution in [1.82, 2.24) is 19.3 Å². The van der Waals surface area contributed by atoms with E-state index in [2.05, 4.69) is 42.2 Å². The van der Waals surface area contributed by atoms with Gasteiger partial charge < -0.3 is 9.88 Å². The van der Waals surface area contributed by atoms with Gasteiger partial charge in [0.25, 0.3) is 5.56 Å². The zero-order chi connectivity index (χ0) is 19.0. The Morgan fingerprint density at radius 3 is 2.74 bits per heavy atom. The van der Waals surface area contributed by atoms with Crippen molar-refractivity contribution >= 4 is 5.82 Å². The van der Waals surface area contributed by atoms with Crippen LogP contribution in [0.2, 0.25) is 0 Å². The molecular weight excluding hydrogens is 338 g/mol. The van der Waals surface area contributed by atoms with Gasteiger partial charge in [-0.15, -0.1) is 0 Å². The van der Waals surface area contributed by atoms with Crippen LogP contribution in [0.4, 0.5) is 5.82 Å². The lowest BCUT2D eigenvalue weighted by Crippen LogP contribution is -2.19. The molecule has 1 fully saturated rings. The summed E-state index contributed by atoms with van der Waals surface area (Å²) in [6.45, 7) is 7.08. The van der Waals surface area contributed by atoms with Crippen molar-refractivity contribution in [3.63, 3.8) is 0 Å². The number of aromatic nitrogens is 4. The molecule has 0 atom stereocenters. The van der Waals surface area contributed by atoms with Gasteiger partial charge in [0.15, 0.2) is 0 Å². The molecule has 0 radical (unpaired) electrons. The van der Waals surface area contributed by atoms with Gasteiger partial charge >= 0.3 is 0 Å². The zero-order valence-electron chi connectivity index (χ0n) is 16.1. The number of nitrogens with one attached hydrogen (secondary N) is 1. The Labute approximate surface area is 158 Å². The van der Waals surface area contributed by atoms with Gasteiger partial charge in [0, 0.05) is 47.9 Å². The topological polar surface area (TPSA) is 64.7 Å². The molecule has 0 spiro atoms. The number of anilines is 1. The molecule has 1 saturated carbocycles. The maximum absolute atomic E-state index is 11.9. The van der Waals surface area contributed by atoms with E-state index in [0.717, 1.165) is 34.6 Å². The van der Waals surface area contributed by atoms with E-state index < -0.39 is 0 Å². The molecule has 0 aliphatic heterocycles. The first-order valence-corrected chi connectivity index (χ1v) is 9.48. The van der Waals surface area contributed by atoms with Gasteiger partial charge in [-0.3, -0.25) is 4.79 Å². The van der Waals surface area contributed by atoms with Gasteiger partial charge in [-0.25, -0.2) is 9.67 Å². The summed E-state index contributed by atoms with van der Waals surface area (Å²) in [5.41, 5.74) is 4.34. The van der Waals surface area contributed by atoms with E-state index in [4.69, 9.17) is 0 Å². The normalized spacial score (nSPS) is 14.9. The highest BCUT2D eigenvalue weighted by atomic mass is 16.1. The van der Waals surface area contributed by atoms with Crippen molar-refractivity contribution < 1.29 is 0 Å². The minimum Gasteiger partial charge on any atom is -0.365 e. The summed E-state index contributed by atoms with van der Waals surface area (Å²) in [6.07, 6.45) is 10.9. The summed E-state index contributed by atoms with van der Waals surface area (Å²) in [6, 6.07) is 5.50. The predicted molar refractivity (Wildman–Crippen MR) is 107 cm³/mol.